The van der Waals surface area contributed by atoms with Gasteiger partial charge < -0.3 is 19.6 Å². The molecule has 136 valence electrons. The minimum absolute atomic E-state index is 0.110. The number of carbonyl (C=O) groups is 1. The summed E-state index contributed by atoms with van der Waals surface area (Å²) >= 11 is 1.57. The number of likely N-dealkylation sites (N-methyl/N-ethyl adjacent to an activating group) is 1. The van der Waals surface area contributed by atoms with Gasteiger partial charge in [-0.05, 0) is 50.8 Å². The zero-order chi connectivity index (χ0) is 17.7. The monoisotopic (exact) mass is 354 g/mol. The van der Waals surface area contributed by atoms with E-state index in [0.717, 1.165) is 30.9 Å². The Morgan fingerprint density at radius 1 is 1.42 bits per heavy atom. The average molecular weight is 355 g/mol. The van der Waals surface area contributed by atoms with Gasteiger partial charge in [0, 0.05) is 44.8 Å². The van der Waals surface area contributed by atoms with Crippen LogP contribution in [-0.4, -0.2) is 74.4 Å². The number of amides is 1. The van der Waals surface area contributed by atoms with E-state index in [9.17, 15) is 9.90 Å². The number of carbonyl (C=O) groups excluding carboxylic acids is 1. The van der Waals surface area contributed by atoms with Crippen LogP contribution >= 0.6 is 11.3 Å². The number of nitrogens with zero attached hydrogens (tertiary/aromatic N) is 2. The van der Waals surface area contributed by atoms with E-state index in [2.05, 4.69) is 18.9 Å². The molecule has 1 fully saturated rings. The van der Waals surface area contributed by atoms with Gasteiger partial charge in [0.05, 0.1) is 11.5 Å². The van der Waals surface area contributed by atoms with Gasteiger partial charge in [0.2, 0.25) is 0 Å². The molecule has 0 spiro atoms. The zero-order valence-corrected chi connectivity index (χ0v) is 16.1. The molecular formula is C18H30N2O3S. The fraction of sp³-hybridized carbons (Fsp3) is 0.722. The van der Waals surface area contributed by atoms with E-state index in [4.69, 9.17) is 4.74 Å². The Labute approximate surface area is 149 Å². The molecule has 2 atom stereocenters. The Morgan fingerprint density at radius 2 is 2.12 bits per heavy atom. The van der Waals surface area contributed by atoms with Gasteiger partial charge in [-0.25, -0.2) is 0 Å². The minimum Gasteiger partial charge on any atom is -0.396 e. The molecule has 0 unspecified atom stereocenters. The standard InChI is InChI=1S/C18H30N2O3S/c1-13-7-17(24-14(13)2)18(22)20-10-15(8-16(11-20)12-21)9-19(3)5-6-23-4/h7,15-16,21H,5-6,8-12H2,1-4H3/t15-,16-/m1/s1. The van der Waals surface area contributed by atoms with Crippen LogP contribution in [0.4, 0.5) is 0 Å². The van der Waals surface area contributed by atoms with Crippen molar-refractivity contribution >= 4 is 17.2 Å². The van der Waals surface area contributed by atoms with E-state index in [1.807, 2.05) is 17.9 Å². The lowest BCUT2D eigenvalue weighted by Crippen LogP contribution is -2.47. The van der Waals surface area contributed by atoms with Gasteiger partial charge in [-0.2, -0.15) is 0 Å². The highest BCUT2D eigenvalue weighted by atomic mass is 32.1. The van der Waals surface area contributed by atoms with E-state index in [0.29, 0.717) is 19.1 Å². The first kappa shape index (κ1) is 19.4. The number of thiophene rings is 1. The van der Waals surface area contributed by atoms with Crippen molar-refractivity contribution in [2.75, 3.05) is 53.6 Å². The van der Waals surface area contributed by atoms with E-state index in [1.54, 1.807) is 18.4 Å². The maximum absolute atomic E-state index is 12.9. The third kappa shape index (κ3) is 5.02. The fourth-order valence-corrected chi connectivity index (χ4v) is 4.36. The van der Waals surface area contributed by atoms with Crippen LogP contribution in [0.15, 0.2) is 6.07 Å². The number of hydrogen-bond donors (Lipinski definition) is 1. The molecule has 1 N–H and O–H groups in total. The second-order valence-electron chi connectivity index (χ2n) is 6.97. The van der Waals surface area contributed by atoms with Crippen molar-refractivity contribution in [2.24, 2.45) is 11.8 Å². The van der Waals surface area contributed by atoms with E-state index in [-0.39, 0.29) is 18.4 Å². The van der Waals surface area contributed by atoms with Crippen molar-refractivity contribution in [3.8, 4) is 0 Å². The van der Waals surface area contributed by atoms with Crippen LogP contribution in [0.1, 0.15) is 26.5 Å². The topological polar surface area (TPSA) is 53.0 Å². The molecule has 1 amide bonds. The number of aliphatic hydroxyl groups is 1. The Morgan fingerprint density at radius 3 is 2.71 bits per heavy atom. The van der Waals surface area contributed by atoms with Crippen molar-refractivity contribution < 1.29 is 14.6 Å². The summed E-state index contributed by atoms with van der Waals surface area (Å²) in [5, 5.41) is 9.63. The van der Waals surface area contributed by atoms with Crippen molar-refractivity contribution in [1.29, 1.82) is 0 Å². The summed E-state index contributed by atoms with van der Waals surface area (Å²) in [5.74, 6) is 0.674. The smallest absolute Gasteiger partial charge is 0.263 e. The number of methoxy groups -OCH3 is 1. The summed E-state index contributed by atoms with van der Waals surface area (Å²) in [5.41, 5.74) is 1.18. The SMILES string of the molecule is COCCN(C)C[C@H]1C[C@@H](CO)CN(C(=O)c2cc(C)c(C)s2)C1. The Hall–Kier alpha value is -0.950. The van der Waals surface area contributed by atoms with Gasteiger partial charge in [0.25, 0.3) is 5.91 Å². The second-order valence-corrected chi connectivity index (χ2v) is 8.22. The third-order valence-corrected chi connectivity index (χ3v) is 5.93. The van der Waals surface area contributed by atoms with Crippen LogP contribution in [0.25, 0.3) is 0 Å². The molecule has 1 aliphatic rings. The van der Waals surface area contributed by atoms with Crippen LogP contribution in [-0.2, 0) is 4.74 Å². The molecule has 6 heteroatoms. The molecule has 2 heterocycles. The highest BCUT2D eigenvalue weighted by molar-refractivity contribution is 7.14. The molecular weight excluding hydrogens is 324 g/mol. The number of aryl methyl sites for hydroxylation is 2. The summed E-state index contributed by atoms with van der Waals surface area (Å²) in [6, 6.07) is 1.99. The quantitative estimate of drug-likeness (QED) is 0.814. The number of aliphatic hydroxyl groups excluding tert-OH is 1. The van der Waals surface area contributed by atoms with Crippen LogP contribution in [0.3, 0.4) is 0 Å². The Balaban J connectivity index is 2.02. The number of rotatable bonds is 7. The lowest BCUT2D eigenvalue weighted by molar-refractivity contribution is 0.0455. The highest BCUT2D eigenvalue weighted by Gasteiger charge is 2.31. The molecule has 0 bridgehead atoms. The molecule has 0 aromatic carbocycles. The van der Waals surface area contributed by atoms with Gasteiger partial charge >= 0.3 is 0 Å². The Kier molecular flexibility index (Phi) is 7.22. The van der Waals surface area contributed by atoms with E-state index >= 15 is 0 Å². The average Bonchev–Trinajstić information content (AvgIpc) is 2.91. The van der Waals surface area contributed by atoms with Gasteiger partial charge in [-0.15, -0.1) is 11.3 Å². The predicted octanol–water partition coefficient (Wildman–Crippen LogP) is 2.01. The highest BCUT2D eigenvalue weighted by Crippen LogP contribution is 2.27. The third-order valence-electron chi connectivity index (χ3n) is 4.79. The Bertz CT molecular complexity index is 527. The van der Waals surface area contributed by atoms with Crippen LogP contribution in [0, 0.1) is 25.7 Å². The normalized spacial score (nSPS) is 21.5. The first-order valence-electron chi connectivity index (χ1n) is 8.59. The lowest BCUT2D eigenvalue weighted by atomic mass is 9.89. The molecule has 1 aromatic rings. The molecule has 24 heavy (non-hydrogen) atoms. The summed E-state index contributed by atoms with van der Waals surface area (Å²) < 4.78 is 5.13. The number of ether oxygens (including phenoxy) is 1. The van der Waals surface area contributed by atoms with E-state index < -0.39 is 0 Å². The zero-order valence-electron chi connectivity index (χ0n) is 15.2. The van der Waals surface area contributed by atoms with E-state index in [1.165, 1.54) is 10.4 Å². The number of hydrogen-bond acceptors (Lipinski definition) is 5. The van der Waals surface area contributed by atoms with Gasteiger partial charge in [0.15, 0.2) is 0 Å². The molecule has 1 aliphatic heterocycles. The van der Waals surface area contributed by atoms with Crippen molar-refractivity contribution in [3.05, 3.63) is 21.4 Å². The maximum atomic E-state index is 12.9. The van der Waals surface area contributed by atoms with Crippen LogP contribution in [0.5, 0.6) is 0 Å². The van der Waals surface area contributed by atoms with Gasteiger partial charge in [-0.1, -0.05) is 0 Å². The molecule has 1 saturated heterocycles. The number of likely N-dealkylation sites (tertiary alicyclic amines) is 1. The van der Waals surface area contributed by atoms with Crippen LogP contribution in [0.2, 0.25) is 0 Å². The molecule has 1 aromatic heterocycles. The molecule has 0 radical (unpaired) electrons. The molecule has 0 aliphatic carbocycles. The largest absolute Gasteiger partial charge is 0.396 e. The summed E-state index contributed by atoms with van der Waals surface area (Å²) in [7, 11) is 3.79. The fourth-order valence-electron chi connectivity index (χ4n) is 3.36. The first-order chi connectivity index (χ1) is 11.4. The summed E-state index contributed by atoms with van der Waals surface area (Å²) in [4.78, 5) is 19.0. The number of piperidine rings is 1. The van der Waals surface area contributed by atoms with Gasteiger partial charge in [0.1, 0.15) is 0 Å². The first-order valence-corrected chi connectivity index (χ1v) is 9.40. The summed E-state index contributed by atoms with van der Waals surface area (Å²) in [6.45, 7) is 8.18. The van der Waals surface area contributed by atoms with Crippen molar-refractivity contribution in [3.63, 3.8) is 0 Å². The maximum Gasteiger partial charge on any atom is 0.263 e. The molecule has 2 rings (SSSR count). The minimum atomic E-state index is 0.110. The molecule has 0 saturated carbocycles. The second kappa shape index (κ2) is 8.94. The van der Waals surface area contributed by atoms with Gasteiger partial charge in [-0.3, -0.25) is 4.79 Å². The predicted molar refractivity (Wildman–Crippen MR) is 97.8 cm³/mol. The summed E-state index contributed by atoms with van der Waals surface area (Å²) in [6.07, 6.45) is 0.972. The molecule has 5 nitrogen and oxygen atoms in total. The van der Waals surface area contributed by atoms with Crippen molar-refractivity contribution in [2.45, 2.75) is 20.3 Å². The van der Waals surface area contributed by atoms with Crippen molar-refractivity contribution in [1.82, 2.24) is 9.80 Å². The lowest BCUT2D eigenvalue weighted by Gasteiger charge is -2.38. The van der Waals surface area contributed by atoms with Crippen LogP contribution < -0.4 is 0 Å².